The number of fused-ring (bicyclic) bond motifs is 4. The number of nitrogens with zero attached hydrogens (tertiary/aromatic N) is 5. The maximum atomic E-state index is 15.0. The minimum Gasteiger partial charge on any atom is -0.475 e. The van der Waals surface area contributed by atoms with Crippen LogP contribution in [0.2, 0.25) is 0 Å². The van der Waals surface area contributed by atoms with Gasteiger partial charge in [-0.2, -0.15) is 13.2 Å². The largest absolute Gasteiger partial charge is 0.475 e. The lowest BCUT2D eigenvalue weighted by Crippen LogP contribution is -2.36. The van der Waals surface area contributed by atoms with Crippen LogP contribution in [-0.4, -0.2) is 43.3 Å². The van der Waals surface area contributed by atoms with Gasteiger partial charge in [-0.3, -0.25) is 9.20 Å². The van der Waals surface area contributed by atoms with Crippen molar-refractivity contribution in [2.75, 3.05) is 18.9 Å². The first-order chi connectivity index (χ1) is 15.7. The summed E-state index contributed by atoms with van der Waals surface area (Å²) in [7, 11) is 0. The summed E-state index contributed by atoms with van der Waals surface area (Å²) in [5.74, 6) is -1.38. The van der Waals surface area contributed by atoms with E-state index in [-0.39, 0.29) is 41.5 Å². The summed E-state index contributed by atoms with van der Waals surface area (Å²) in [6.07, 6.45) is -0.975. The molecule has 0 unspecified atom stereocenters. The Balaban J connectivity index is 1.58. The van der Waals surface area contributed by atoms with Crippen molar-refractivity contribution in [3.63, 3.8) is 0 Å². The third-order valence-electron chi connectivity index (χ3n) is 5.62. The Kier molecular flexibility index (Phi) is 4.62. The van der Waals surface area contributed by atoms with Crippen LogP contribution in [0, 0.1) is 5.82 Å². The standard InChI is InChI=1S/C21H16F4N6O2/c1-2-30(17-8-33-19-12(17)3-10(6-28-19)21(23,24)25)20(32)11-4-15-14(5-13(11)22)29-18(26)16-7-27-9-31(15)16/h3-7,9,17H,2,8H2,1H3,(H2,26,29)/t17-/m1/s1. The highest BCUT2D eigenvalue weighted by atomic mass is 19.4. The van der Waals surface area contributed by atoms with Gasteiger partial charge in [0.15, 0.2) is 0 Å². The number of imidazole rings is 1. The molecule has 170 valence electrons. The van der Waals surface area contributed by atoms with Crippen LogP contribution in [0.15, 0.2) is 36.9 Å². The third-order valence-corrected chi connectivity index (χ3v) is 5.62. The summed E-state index contributed by atoms with van der Waals surface area (Å²) >= 11 is 0. The lowest BCUT2D eigenvalue weighted by atomic mass is 10.0. The monoisotopic (exact) mass is 460 g/mol. The number of benzene rings is 1. The predicted octanol–water partition coefficient (Wildman–Crippen LogP) is 3.61. The molecule has 4 aromatic rings. The van der Waals surface area contributed by atoms with Crippen molar-refractivity contribution < 1.29 is 27.1 Å². The molecular weight excluding hydrogens is 444 g/mol. The summed E-state index contributed by atoms with van der Waals surface area (Å²) in [6.45, 7) is 1.65. The van der Waals surface area contributed by atoms with Crippen LogP contribution in [0.3, 0.4) is 0 Å². The second-order valence-electron chi connectivity index (χ2n) is 7.50. The number of likely N-dealkylation sites (N-methyl/N-ethyl adjacent to an activating group) is 1. The van der Waals surface area contributed by atoms with E-state index in [1.165, 1.54) is 23.5 Å². The fourth-order valence-corrected chi connectivity index (χ4v) is 4.01. The lowest BCUT2D eigenvalue weighted by Gasteiger charge is -2.27. The van der Waals surface area contributed by atoms with Gasteiger partial charge < -0.3 is 15.4 Å². The zero-order chi connectivity index (χ0) is 23.5. The van der Waals surface area contributed by atoms with Gasteiger partial charge in [0.05, 0.1) is 40.7 Å². The van der Waals surface area contributed by atoms with E-state index in [1.54, 1.807) is 11.3 Å². The van der Waals surface area contributed by atoms with Gasteiger partial charge in [-0.25, -0.2) is 19.3 Å². The minimum absolute atomic E-state index is 0.0121. The number of nitrogens with two attached hydrogens (primary N) is 1. The van der Waals surface area contributed by atoms with Crippen LogP contribution in [0.25, 0.3) is 16.6 Å². The molecule has 0 aliphatic carbocycles. The highest BCUT2D eigenvalue weighted by molar-refractivity contribution is 5.98. The first-order valence-electron chi connectivity index (χ1n) is 9.90. The van der Waals surface area contributed by atoms with E-state index in [2.05, 4.69) is 15.0 Å². The Bertz CT molecular complexity index is 1420. The van der Waals surface area contributed by atoms with Crippen LogP contribution >= 0.6 is 0 Å². The number of anilines is 1. The molecule has 1 amide bonds. The molecule has 1 atom stereocenters. The van der Waals surface area contributed by atoms with Crippen molar-refractivity contribution in [3.8, 4) is 5.88 Å². The van der Waals surface area contributed by atoms with Gasteiger partial charge in [0.1, 0.15) is 23.8 Å². The zero-order valence-electron chi connectivity index (χ0n) is 17.1. The molecule has 5 rings (SSSR count). The van der Waals surface area contributed by atoms with Gasteiger partial charge in [-0.05, 0) is 19.1 Å². The molecule has 1 aromatic carbocycles. The number of aromatic nitrogens is 4. The molecule has 33 heavy (non-hydrogen) atoms. The molecule has 3 aromatic heterocycles. The Labute approximate surface area is 183 Å². The normalized spacial score (nSPS) is 15.6. The summed E-state index contributed by atoms with van der Waals surface area (Å²) in [6, 6.07) is 2.47. The van der Waals surface area contributed by atoms with Crippen molar-refractivity contribution in [2.24, 2.45) is 0 Å². The number of ether oxygens (including phenoxy) is 1. The lowest BCUT2D eigenvalue weighted by molar-refractivity contribution is -0.137. The number of carbonyl (C=O) groups excluding carboxylic acids is 1. The van der Waals surface area contributed by atoms with Crippen molar-refractivity contribution in [1.82, 2.24) is 24.3 Å². The second-order valence-corrected chi connectivity index (χ2v) is 7.50. The van der Waals surface area contributed by atoms with Crippen LogP contribution < -0.4 is 10.5 Å². The average Bonchev–Trinajstić information content (AvgIpc) is 3.41. The van der Waals surface area contributed by atoms with Gasteiger partial charge in [0, 0.05) is 24.4 Å². The zero-order valence-corrected chi connectivity index (χ0v) is 17.1. The van der Waals surface area contributed by atoms with E-state index in [0.29, 0.717) is 17.2 Å². The van der Waals surface area contributed by atoms with Gasteiger partial charge in [0.2, 0.25) is 5.88 Å². The first-order valence-corrected chi connectivity index (χ1v) is 9.90. The Hall–Kier alpha value is -3.96. The Morgan fingerprint density at radius 3 is 2.79 bits per heavy atom. The smallest absolute Gasteiger partial charge is 0.417 e. The molecular formula is C21H16F4N6O2. The van der Waals surface area contributed by atoms with E-state index in [9.17, 15) is 22.4 Å². The number of pyridine rings is 1. The number of hydrogen-bond donors (Lipinski definition) is 1. The number of rotatable bonds is 3. The van der Waals surface area contributed by atoms with E-state index < -0.39 is 29.5 Å². The van der Waals surface area contributed by atoms with Crippen molar-refractivity contribution in [3.05, 3.63) is 59.4 Å². The molecule has 8 nitrogen and oxygen atoms in total. The van der Waals surface area contributed by atoms with Gasteiger partial charge in [-0.15, -0.1) is 0 Å². The molecule has 0 saturated carbocycles. The molecule has 1 aliphatic heterocycles. The van der Waals surface area contributed by atoms with Crippen LogP contribution in [-0.2, 0) is 6.18 Å². The third kappa shape index (κ3) is 3.29. The maximum absolute atomic E-state index is 15.0. The average molecular weight is 460 g/mol. The Morgan fingerprint density at radius 2 is 2.06 bits per heavy atom. The van der Waals surface area contributed by atoms with Gasteiger partial charge in [-0.1, -0.05) is 0 Å². The number of alkyl halides is 3. The van der Waals surface area contributed by atoms with Crippen LogP contribution in [0.4, 0.5) is 23.4 Å². The molecule has 0 radical (unpaired) electrons. The summed E-state index contributed by atoms with van der Waals surface area (Å²) < 4.78 is 61.5. The highest BCUT2D eigenvalue weighted by Crippen LogP contribution is 2.39. The number of amides is 1. The Morgan fingerprint density at radius 1 is 1.27 bits per heavy atom. The van der Waals surface area contributed by atoms with E-state index >= 15 is 0 Å². The van der Waals surface area contributed by atoms with Crippen molar-refractivity contribution >= 4 is 28.3 Å². The highest BCUT2D eigenvalue weighted by Gasteiger charge is 2.38. The summed E-state index contributed by atoms with van der Waals surface area (Å²) in [5, 5.41) is 0. The minimum atomic E-state index is -4.61. The fraction of sp³-hybridized carbons (Fsp3) is 0.238. The van der Waals surface area contributed by atoms with Crippen LogP contribution in [0.1, 0.15) is 34.5 Å². The topological polar surface area (TPSA) is 98.6 Å². The summed E-state index contributed by atoms with van der Waals surface area (Å²) in [5.41, 5.74) is 5.90. The summed E-state index contributed by atoms with van der Waals surface area (Å²) in [4.78, 5) is 26.5. The molecule has 0 bridgehead atoms. The van der Waals surface area contributed by atoms with E-state index in [4.69, 9.17) is 10.5 Å². The second kappa shape index (κ2) is 7.29. The van der Waals surface area contributed by atoms with E-state index in [1.807, 2.05) is 0 Å². The van der Waals surface area contributed by atoms with Gasteiger partial charge >= 0.3 is 6.18 Å². The number of carbonyl (C=O) groups is 1. The quantitative estimate of drug-likeness (QED) is 0.469. The molecule has 4 heterocycles. The molecule has 12 heteroatoms. The van der Waals surface area contributed by atoms with E-state index in [0.717, 1.165) is 12.1 Å². The molecule has 0 spiro atoms. The molecule has 2 N–H and O–H groups in total. The van der Waals surface area contributed by atoms with Crippen molar-refractivity contribution in [1.29, 1.82) is 0 Å². The maximum Gasteiger partial charge on any atom is 0.417 e. The molecule has 0 fully saturated rings. The fourth-order valence-electron chi connectivity index (χ4n) is 4.01. The van der Waals surface area contributed by atoms with Crippen LogP contribution in [0.5, 0.6) is 5.88 Å². The first kappa shape index (κ1) is 20.9. The number of nitrogen functional groups attached to an aromatic ring is 1. The number of halogens is 4. The van der Waals surface area contributed by atoms with Gasteiger partial charge in [0.25, 0.3) is 5.91 Å². The molecule has 0 saturated heterocycles. The molecule has 1 aliphatic rings. The van der Waals surface area contributed by atoms with Crippen molar-refractivity contribution in [2.45, 2.75) is 19.1 Å². The predicted molar refractivity (Wildman–Crippen MR) is 109 cm³/mol. The number of hydrogen-bond acceptors (Lipinski definition) is 6. The SMILES string of the molecule is CCN(C(=O)c1cc2c(cc1F)nc(N)c1cncn12)[C@@H]1COc2ncc(C(F)(F)F)cc21.